The van der Waals surface area contributed by atoms with Gasteiger partial charge in [0.1, 0.15) is 0 Å². The van der Waals surface area contributed by atoms with E-state index in [1.54, 1.807) is 0 Å². The van der Waals surface area contributed by atoms with Crippen molar-refractivity contribution in [2.45, 2.75) is 0 Å². The molecule has 1 amide bonds. The molecule has 0 atom stereocenters. The third-order valence-corrected chi connectivity index (χ3v) is 2.44. The third-order valence-electron chi connectivity index (χ3n) is 1.30. The Bertz CT molecular complexity index is 521. The minimum Gasteiger partial charge on any atom is -0.406 e. The first-order valence-electron chi connectivity index (χ1n) is 3.67. The number of nitrogens with one attached hydrogen (secondary N) is 1. The molecule has 16 heavy (non-hydrogen) atoms. The summed E-state index contributed by atoms with van der Waals surface area (Å²) < 4.78 is 40.1. The maximum absolute atomic E-state index is 13.1. The van der Waals surface area contributed by atoms with Gasteiger partial charge in [0.25, 0.3) is 0 Å². The Morgan fingerprint density at radius 2 is 2.12 bits per heavy atom. The van der Waals surface area contributed by atoms with Gasteiger partial charge in [-0.1, -0.05) is 15.9 Å². The third kappa shape index (κ3) is 4.33. The maximum Gasteiger partial charge on any atom is 0.427 e. The maximum atomic E-state index is 13.1. The lowest BCUT2D eigenvalue weighted by Crippen LogP contribution is -2.29. The Labute approximate surface area is 103 Å². The number of hydrogen-bond acceptors (Lipinski definition) is 4. The molecule has 0 bridgehead atoms. The van der Waals surface area contributed by atoms with Crippen molar-refractivity contribution in [1.82, 2.24) is 4.72 Å². The number of hydrogen-bond donors (Lipinski definition) is 1. The van der Waals surface area contributed by atoms with Crippen LogP contribution in [0.15, 0.2) is 22.7 Å². The highest BCUT2D eigenvalue weighted by Crippen LogP contribution is 2.22. The lowest BCUT2D eigenvalue weighted by Gasteiger charge is -2.05. The molecule has 1 N–H and O–H groups in total. The Hall–Kier alpha value is -0.860. The minimum absolute atomic E-state index is 0.424. The molecule has 0 saturated carbocycles. The van der Waals surface area contributed by atoms with Gasteiger partial charge in [0.2, 0.25) is 0 Å². The number of carbonyl (C=O) groups is 1. The molecule has 0 fully saturated rings. The van der Waals surface area contributed by atoms with Crippen LogP contribution < -0.4 is 9.46 Å². The van der Waals surface area contributed by atoms with Gasteiger partial charge in [-0.2, -0.15) is 8.42 Å². The van der Waals surface area contributed by atoms with Crippen LogP contribution in [0.4, 0.5) is 9.18 Å². The van der Waals surface area contributed by atoms with Crippen molar-refractivity contribution < 1.29 is 22.3 Å². The molecule has 0 aromatic heterocycles. The molecule has 1 rings (SSSR count). The first-order valence-corrected chi connectivity index (χ1v) is 6.77. The first kappa shape index (κ1) is 13.2. The number of halogens is 3. The number of amides is 1. The molecule has 1 aromatic rings. The Balaban J connectivity index is 2.81. The fourth-order valence-electron chi connectivity index (χ4n) is 0.776. The average Bonchev–Trinajstić information content (AvgIpc) is 2.08. The smallest absolute Gasteiger partial charge is 0.406 e. The van der Waals surface area contributed by atoms with Crippen molar-refractivity contribution in [2.75, 3.05) is 0 Å². The summed E-state index contributed by atoms with van der Waals surface area (Å²) in [6.45, 7) is 0. The van der Waals surface area contributed by atoms with Crippen molar-refractivity contribution in [3.63, 3.8) is 0 Å². The summed E-state index contributed by atoms with van der Waals surface area (Å²) in [6.07, 6.45) is -1.40. The quantitative estimate of drug-likeness (QED) is 0.842. The lowest BCUT2D eigenvalue weighted by molar-refractivity contribution is 0.205. The molecule has 9 heteroatoms. The first-order chi connectivity index (χ1) is 7.28. The summed E-state index contributed by atoms with van der Waals surface area (Å²) in [5.74, 6) is -1.24. The van der Waals surface area contributed by atoms with Crippen molar-refractivity contribution in [3.8, 4) is 5.75 Å². The molecule has 88 valence electrons. The zero-order valence-electron chi connectivity index (χ0n) is 7.41. The Morgan fingerprint density at radius 1 is 1.50 bits per heavy atom. The molecular formula is C7H4BrClFNO4S. The summed E-state index contributed by atoms with van der Waals surface area (Å²) in [6, 6.07) is 3.59. The zero-order chi connectivity index (χ0) is 12.3. The van der Waals surface area contributed by atoms with Crippen LogP contribution >= 0.6 is 26.6 Å². The second-order valence-electron chi connectivity index (χ2n) is 2.50. The fraction of sp³-hybridized carbons (Fsp3) is 0. The average molecular weight is 333 g/mol. The molecule has 0 aliphatic rings. The van der Waals surface area contributed by atoms with E-state index in [0.717, 1.165) is 12.1 Å². The second kappa shape index (κ2) is 4.98. The molecule has 0 unspecified atom stereocenters. The molecule has 0 radical (unpaired) electrons. The normalized spacial score (nSPS) is 10.9. The predicted molar refractivity (Wildman–Crippen MR) is 58.0 cm³/mol. The van der Waals surface area contributed by atoms with Crippen LogP contribution in [0, 0.1) is 5.82 Å². The fourth-order valence-corrected chi connectivity index (χ4v) is 1.55. The highest BCUT2D eigenvalue weighted by molar-refractivity contribution is 9.10. The van der Waals surface area contributed by atoms with Crippen LogP contribution in [-0.4, -0.2) is 14.5 Å². The van der Waals surface area contributed by atoms with E-state index in [0.29, 0.717) is 4.47 Å². The van der Waals surface area contributed by atoms with Crippen LogP contribution in [0.2, 0.25) is 0 Å². The summed E-state index contributed by atoms with van der Waals surface area (Å²) in [5.41, 5.74) is 0. The van der Waals surface area contributed by atoms with E-state index in [1.807, 2.05) is 0 Å². The van der Waals surface area contributed by atoms with Gasteiger partial charge in [-0.25, -0.2) is 13.9 Å². The van der Waals surface area contributed by atoms with Crippen LogP contribution in [0.25, 0.3) is 0 Å². The van der Waals surface area contributed by atoms with Gasteiger partial charge in [-0.15, -0.1) is 0 Å². The molecule has 5 nitrogen and oxygen atoms in total. The minimum atomic E-state index is -4.25. The van der Waals surface area contributed by atoms with Gasteiger partial charge in [-0.3, -0.25) is 0 Å². The monoisotopic (exact) mass is 331 g/mol. The van der Waals surface area contributed by atoms with Gasteiger partial charge in [-0.05, 0) is 18.2 Å². The van der Waals surface area contributed by atoms with Crippen LogP contribution in [0.5, 0.6) is 5.75 Å². The van der Waals surface area contributed by atoms with Gasteiger partial charge < -0.3 is 4.74 Å². The summed E-state index contributed by atoms with van der Waals surface area (Å²) >= 11 is 3.02. The molecule has 0 aliphatic carbocycles. The van der Waals surface area contributed by atoms with Gasteiger partial charge in [0.15, 0.2) is 11.6 Å². The van der Waals surface area contributed by atoms with E-state index >= 15 is 0 Å². The van der Waals surface area contributed by atoms with Crippen molar-refractivity contribution >= 4 is 41.9 Å². The Kier molecular flexibility index (Phi) is 4.11. The highest BCUT2D eigenvalue weighted by Gasteiger charge is 2.14. The Morgan fingerprint density at radius 3 is 2.69 bits per heavy atom. The van der Waals surface area contributed by atoms with Crippen LogP contribution in [0.3, 0.4) is 0 Å². The molecule has 0 saturated heterocycles. The molecule has 0 spiro atoms. The molecular weight excluding hydrogens is 329 g/mol. The zero-order valence-corrected chi connectivity index (χ0v) is 10.6. The topological polar surface area (TPSA) is 72.5 Å². The van der Waals surface area contributed by atoms with E-state index in [2.05, 4.69) is 20.7 Å². The van der Waals surface area contributed by atoms with Crippen molar-refractivity contribution in [3.05, 3.63) is 28.5 Å². The van der Waals surface area contributed by atoms with E-state index in [-0.39, 0.29) is 0 Å². The van der Waals surface area contributed by atoms with E-state index in [4.69, 9.17) is 10.7 Å². The van der Waals surface area contributed by atoms with E-state index in [1.165, 1.54) is 10.8 Å². The number of rotatable bonds is 2. The van der Waals surface area contributed by atoms with Crippen LogP contribution in [-0.2, 0) is 9.24 Å². The summed E-state index contributed by atoms with van der Waals surface area (Å²) in [4.78, 5) is 10.9. The van der Waals surface area contributed by atoms with Crippen molar-refractivity contribution in [1.29, 1.82) is 0 Å². The highest BCUT2D eigenvalue weighted by atomic mass is 79.9. The summed E-state index contributed by atoms with van der Waals surface area (Å²) in [5, 5.41) is 0. The van der Waals surface area contributed by atoms with Gasteiger partial charge in [0.05, 0.1) is 0 Å². The standard InChI is InChI=1S/C7H4BrClFNO4S/c8-4-1-2-5(10)6(3-4)15-7(12)11-16(9,13)14/h1-3H,(H,11,12). The second-order valence-corrected chi connectivity index (χ2v) is 5.72. The molecule has 0 aliphatic heterocycles. The largest absolute Gasteiger partial charge is 0.427 e. The molecule has 1 aromatic carbocycles. The van der Waals surface area contributed by atoms with Gasteiger partial charge >= 0.3 is 15.3 Å². The van der Waals surface area contributed by atoms with E-state index in [9.17, 15) is 17.6 Å². The number of ether oxygens (including phenoxy) is 1. The lowest BCUT2D eigenvalue weighted by atomic mass is 10.3. The van der Waals surface area contributed by atoms with Crippen LogP contribution in [0.1, 0.15) is 0 Å². The van der Waals surface area contributed by atoms with Crippen molar-refractivity contribution in [2.24, 2.45) is 0 Å². The van der Waals surface area contributed by atoms with Gasteiger partial charge in [0, 0.05) is 15.2 Å². The van der Waals surface area contributed by atoms with E-state index < -0.39 is 26.9 Å². The summed E-state index contributed by atoms with van der Waals surface area (Å²) in [7, 11) is 0.470. The number of carbonyl (C=O) groups excluding carboxylic acids is 1. The SMILES string of the molecule is O=C(NS(=O)(=O)Cl)Oc1cc(Br)ccc1F. The number of benzene rings is 1. The molecule has 0 heterocycles. The predicted octanol–water partition coefficient (Wildman–Crippen LogP) is 2.16.